The van der Waals surface area contributed by atoms with E-state index in [1.807, 2.05) is 0 Å². The van der Waals surface area contributed by atoms with Crippen LogP contribution in [0.5, 0.6) is 0 Å². The second-order valence-corrected chi connectivity index (χ2v) is 4.49. The van der Waals surface area contributed by atoms with E-state index < -0.39 is 11.6 Å². The first-order valence-corrected chi connectivity index (χ1v) is 5.91. The van der Waals surface area contributed by atoms with Gasteiger partial charge in [-0.05, 0) is 30.9 Å². The molecule has 0 bridgehead atoms. The van der Waals surface area contributed by atoms with Crippen molar-refractivity contribution in [3.63, 3.8) is 0 Å². The normalized spacial score (nSPS) is 16.7. The van der Waals surface area contributed by atoms with Crippen LogP contribution in [-0.4, -0.2) is 24.8 Å². The number of benzene rings is 1. The highest BCUT2D eigenvalue weighted by atomic mass is 19.2. The van der Waals surface area contributed by atoms with Crippen molar-refractivity contribution in [1.82, 2.24) is 0 Å². The second kappa shape index (κ2) is 5.32. The van der Waals surface area contributed by atoms with Gasteiger partial charge in [0.2, 0.25) is 0 Å². The van der Waals surface area contributed by atoms with Gasteiger partial charge in [-0.25, -0.2) is 8.78 Å². The van der Waals surface area contributed by atoms with Crippen LogP contribution < -0.4 is 4.90 Å². The van der Waals surface area contributed by atoms with E-state index in [0.29, 0.717) is 13.1 Å². The lowest BCUT2D eigenvalue weighted by atomic mass is 9.97. The zero-order valence-corrected chi connectivity index (χ0v) is 9.87. The molecule has 0 aliphatic carbocycles. The summed E-state index contributed by atoms with van der Waals surface area (Å²) in [6, 6.07) is 4.35. The summed E-state index contributed by atoms with van der Waals surface area (Å²) >= 11 is 0. The van der Waals surface area contributed by atoms with E-state index in [0.717, 1.165) is 12.8 Å². The van der Waals surface area contributed by atoms with Gasteiger partial charge in [-0.15, -0.1) is 0 Å². The highest BCUT2D eigenvalue weighted by Crippen LogP contribution is 2.28. The van der Waals surface area contributed by atoms with E-state index in [1.165, 1.54) is 12.1 Å². The number of hydrogen-bond acceptors (Lipinski definition) is 3. The van der Waals surface area contributed by atoms with Gasteiger partial charge in [-0.1, -0.05) is 0 Å². The van der Waals surface area contributed by atoms with Crippen LogP contribution in [0.1, 0.15) is 18.4 Å². The Bertz CT molecular complexity index is 477. The topological polar surface area (TPSA) is 47.3 Å². The van der Waals surface area contributed by atoms with Crippen molar-refractivity contribution in [3.8, 4) is 6.07 Å². The summed E-state index contributed by atoms with van der Waals surface area (Å²) in [6.45, 7) is 1.32. The Balaban J connectivity index is 2.20. The third-order valence-electron chi connectivity index (χ3n) is 3.40. The minimum atomic E-state index is -1.08. The molecule has 18 heavy (non-hydrogen) atoms. The third-order valence-corrected chi connectivity index (χ3v) is 3.40. The Morgan fingerprint density at radius 2 is 1.94 bits per heavy atom. The van der Waals surface area contributed by atoms with Crippen LogP contribution in [-0.2, 0) is 0 Å². The number of aliphatic hydroxyl groups excluding tert-OH is 1. The highest BCUT2D eigenvalue weighted by Gasteiger charge is 2.23. The molecule has 0 amide bonds. The number of nitriles is 1. The van der Waals surface area contributed by atoms with Gasteiger partial charge in [0.1, 0.15) is 6.07 Å². The predicted octanol–water partition coefficient (Wildman–Crippen LogP) is 2.05. The molecule has 1 aliphatic rings. The lowest BCUT2D eigenvalue weighted by Gasteiger charge is -2.33. The van der Waals surface area contributed by atoms with Gasteiger partial charge >= 0.3 is 0 Å². The number of piperidine rings is 1. The molecule has 0 atom stereocenters. The van der Waals surface area contributed by atoms with Crippen molar-refractivity contribution < 1.29 is 13.9 Å². The molecule has 0 saturated carbocycles. The molecule has 0 spiro atoms. The van der Waals surface area contributed by atoms with E-state index in [2.05, 4.69) is 0 Å². The molecule has 1 aliphatic heterocycles. The molecule has 1 N–H and O–H groups in total. The lowest BCUT2D eigenvalue weighted by Crippen LogP contribution is -2.35. The maximum Gasteiger partial charge on any atom is 0.183 e. The first kappa shape index (κ1) is 12.8. The molecule has 0 radical (unpaired) electrons. The van der Waals surface area contributed by atoms with Gasteiger partial charge in [-0.3, -0.25) is 0 Å². The summed E-state index contributed by atoms with van der Waals surface area (Å²) in [7, 11) is 0. The van der Waals surface area contributed by atoms with Gasteiger partial charge in [-0.2, -0.15) is 5.26 Å². The zero-order chi connectivity index (χ0) is 13.1. The van der Waals surface area contributed by atoms with Gasteiger partial charge in [0, 0.05) is 19.7 Å². The van der Waals surface area contributed by atoms with Crippen molar-refractivity contribution >= 4 is 5.69 Å². The minimum Gasteiger partial charge on any atom is -0.396 e. The summed E-state index contributed by atoms with van der Waals surface area (Å²) < 4.78 is 27.3. The second-order valence-electron chi connectivity index (χ2n) is 4.49. The van der Waals surface area contributed by atoms with Gasteiger partial charge in [0.25, 0.3) is 0 Å². The average molecular weight is 252 g/mol. The highest BCUT2D eigenvalue weighted by molar-refractivity contribution is 5.52. The maximum atomic E-state index is 13.8. The van der Waals surface area contributed by atoms with Crippen molar-refractivity contribution in [3.05, 3.63) is 29.3 Å². The molecule has 1 aromatic carbocycles. The molecule has 1 aromatic rings. The Hall–Kier alpha value is -1.67. The van der Waals surface area contributed by atoms with Crippen LogP contribution in [0.4, 0.5) is 14.5 Å². The molecule has 0 aromatic heterocycles. The predicted molar refractivity (Wildman–Crippen MR) is 63.1 cm³/mol. The van der Waals surface area contributed by atoms with Crippen LogP contribution in [0, 0.1) is 28.9 Å². The minimum absolute atomic E-state index is 0.137. The number of hydrogen-bond donors (Lipinski definition) is 1. The first-order valence-electron chi connectivity index (χ1n) is 5.91. The van der Waals surface area contributed by atoms with E-state index >= 15 is 0 Å². The number of halogens is 2. The fourth-order valence-corrected chi connectivity index (χ4v) is 2.23. The molecular weight excluding hydrogens is 238 g/mol. The fraction of sp³-hybridized carbons (Fsp3) is 0.462. The quantitative estimate of drug-likeness (QED) is 0.876. The first-order chi connectivity index (χ1) is 8.67. The number of anilines is 1. The summed E-state index contributed by atoms with van der Waals surface area (Å²) in [4.78, 5) is 1.76. The summed E-state index contributed by atoms with van der Waals surface area (Å²) in [5.74, 6) is -1.80. The lowest BCUT2D eigenvalue weighted by molar-refractivity contribution is 0.202. The Labute approximate surface area is 104 Å². The molecule has 3 nitrogen and oxygen atoms in total. The van der Waals surface area contributed by atoms with Crippen LogP contribution in [0.25, 0.3) is 0 Å². The van der Waals surface area contributed by atoms with Gasteiger partial charge < -0.3 is 10.0 Å². The van der Waals surface area contributed by atoms with Crippen molar-refractivity contribution in [1.29, 1.82) is 5.26 Å². The van der Waals surface area contributed by atoms with Crippen LogP contribution in [0.2, 0.25) is 0 Å². The molecule has 1 heterocycles. The number of aliphatic hydroxyl groups is 1. The molecular formula is C13H14F2N2O. The molecule has 96 valence electrons. The van der Waals surface area contributed by atoms with Crippen LogP contribution in [0.15, 0.2) is 12.1 Å². The SMILES string of the molecule is N#Cc1ccc(N2CCC(CO)CC2)c(F)c1F. The molecule has 1 saturated heterocycles. The molecule has 2 rings (SSSR count). The Morgan fingerprint density at radius 3 is 2.50 bits per heavy atom. The smallest absolute Gasteiger partial charge is 0.183 e. The Morgan fingerprint density at radius 1 is 1.28 bits per heavy atom. The number of nitrogens with zero attached hydrogens (tertiary/aromatic N) is 2. The van der Waals surface area contributed by atoms with E-state index in [4.69, 9.17) is 10.4 Å². The van der Waals surface area contributed by atoms with Crippen molar-refractivity contribution in [2.45, 2.75) is 12.8 Å². The summed E-state index contributed by atoms with van der Waals surface area (Å²) in [6.07, 6.45) is 1.52. The largest absolute Gasteiger partial charge is 0.396 e. The summed E-state index contributed by atoms with van der Waals surface area (Å²) in [5.41, 5.74) is -0.0793. The van der Waals surface area contributed by atoms with E-state index in [-0.39, 0.29) is 23.8 Å². The number of rotatable bonds is 2. The van der Waals surface area contributed by atoms with Crippen molar-refractivity contribution in [2.24, 2.45) is 5.92 Å². The van der Waals surface area contributed by atoms with Gasteiger partial charge in [0.05, 0.1) is 11.3 Å². The molecule has 0 unspecified atom stereocenters. The summed E-state index contributed by atoms with van der Waals surface area (Å²) in [5, 5.41) is 17.6. The standard InChI is InChI=1S/C13H14F2N2O/c14-12-10(7-16)1-2-11(13(12)15)17-5-3-9(8-18)4-6-17/h1-2,9,18H,3-6,8H2. The fourth-order valence-electron chi connectivity index (χ4n) is 2.23. The third kappa shape index (κ3) is 2.29. The molecule has 1 fully saturated rings. The Kier molecular flexibility index (Phi) is 3.78. The zero-order valence-electron chi connectivity index (χ0n) is 9.87. The maximum absolute atomic E-state index is 13.8. The van der Waals surface area contributed by atoms with E-state index in [9.17, 15) is 8.78 Å². The van der Waals surface area contributed by atoms with Crippen molar-refractivity contribution in [2.75, 3.05) is 24.6 Å². The van der Waals surface area contributed by atoms with E-state index in [1.54, 1.807) is 11.0 Å². The van der Waals surface area contributed by atoms with Crippen LogP contribution in [0.3, 0.4) is 0 Å². The van der Waals surface area contributed by atoms with Gasteiger partial charge in [0.15, 0.2) is 11.6 Å². The monoisotopic (exact) mass is 252 g/mol. The van der Waals surface area contributed by atoms with Crippen LogP contribution >= 0.6 is 0 Å². The average Bonchev–Trinajstić information content (AvgIpc) is 2.42. The molecule has 5 heteroatoms.